The molecular formula is C18H28N4O3. The fourth-order valence-electron chi connectivity index (χ4n) is 2.20. The monoisotopic (exact) mass is 348 g/mol. The summed E-state index contributed by atoms with van der Waals surface area (Å²) >= 11 is 0. The van der Waals surface area contributed by atoms with E-state index in [0.29, 0.717) is 12.5 Å². The number of ether oxygens (including phenoxy) is 2. The van der Waals surface area contributed by atoms with E-state index in [1.165, 1.54) is 4.90 Å². The molecule has 0 spiro atoms. The number of nitrogens with one attached hydrogen (secondary N) is 2. The number of nitrogens with zero attached hydrogens (tertiary/aromatic N) is 2. The van der Waals surface area contributed by atoms with Gasteiger partial charge in [-0.3, -0.25) is 4.79 Å². The second kappa shape index (κ2) is 9.15. The number of hydrogen-bond donors (Lipinski definition) is 2. The van der Waals surface area contributed by atoms with Gasteiger partial charge in [-0.1, -0.05) is 13.0 Å². The zero-order valence-electron chi connectivity index (χ0n) is 15.5. The van der Waals surface area contributed by atoms with Crippen LogP contribution in [0.1, 0.15) is 25.8 Å². The van der Waals surface area contributed by atoms with Crippen molar-refractivity contribution in [2.24, 2.45) is 4.99 Å². The highest BCUT2D eigenvalue weighted by atomic mass is 16.7. The smallest absolute Gasteiger partial charge is 0.243 e. The first-order chi connectivity index (χ1) is 12.0. The van der Waals surface area contributed by atoms with Crippen molar-refractivity contribution in [1.82, 2.24) is 15.5 Å². The highest BCUT2D eigenvalue weighted by molar-refractivity contribution is 5.84. The number of carbonyl (C=O) groups is 1. The highest BCUT2D eigenvalue weighted by Gasteiger charge is 2.13. The van der Waals surface area contributed by atoms with Crippen molar-refractivity contribution in [1.29, 1.82) is 0 Å². The van der Waals surface area contributed by atoms with Gasteiger partial charge in [0.2, 0.25) is 12.7 Å². The minimum absolute atomic E-state index is 0.0268. The van der Waals surface area contributed by atoms with Gasteiger partial charge in [-0.25, -0.2) is 4.99 Å². The topological polar surface area (TPSA) is 75.2 Å². The number of likely N-dealkylation sites (N-methyl/N-ethyl adjacent to an activating group) is 1. The van der Waals surface area contributed by atoms with E-state index in [9.17, 15) is 4.79 Å². The molecule has 25 heavy (non-hydrogen) atoms. The van der Waals surface area contributed by atoms with Crippen LogP contribution >= 0.6 is 0 Å². The molecule has 0 saturated carbocycles. The lowest BCUT2D eigenvalue weighted by atomic mass is 10.1. The van der Waals surface area contributed by atoms with Crippen LogP contribution in [0.4, 0.5) is 0 Å². The molecule has 1 unspecified atom stereocenters. The average Bonchev–Trinajstić information content (AvgIpc) is 3.06. The quantitative estimate of drug-likeness (QED) is 0.575. The molecule has 2 N–H and O–H groups in total. The molecule has 1 aliphatic rings. The summed E-state index contributed by atoms with van der Waals surface area (Å²) < 4.78 is 10.7. The Labute approximate surface area is 149 Å². The van der Waals surface area contributed by atoms with Crippen molar-refractivity contribution in [3.05, 3.63) is 23.8 Å². The summed E-state index contributed by atoms with van der Waals surface area (Å²) in [5, 5.41) is 6.60. The van der Waals surface area contributed by atoms with Crippen molar-refractivity contribution < 1.29 is 14.3 Å². The maximum atomic E-state index is 11.7. The summed E-state index contributed by atoms with van der Waals surface area (Å²) in [6.07, 6.45) is 1.80. The molecule has 1 aromatic carbocycles. The molecule has 1 aliphatic heterocycles. The van der Waals surface area contributed by atoms with Gasteiger partial charge < -0.3 is 25.0 Å². The van der Waals surface area contributed by atoms with Crippen molar-refractivity contribution in [2.75, 3.05) is 34.0 Å². The van der Waals surface area contributed by atoms with Gasteiger partial charge in [0.15, 0.2) is 17.5 Å². The zero-order chi connectivity index (χ0) is 18.2. The minimum atomic E-state index is -0.0268. The summed E-state index contributed by atoms with van der Waals surface area (Å²) in [6.45, 7) is 5.31. The van der Waals surface area contributed by atoms with E-state index in [1.54, 1.807) is 14.1 Å². The lowest BCUT2D eigenvalue weighted by Gasteiger charge is -2.17. The Morgan fingerprint density at radius 2 is 2.08 bits per heavy atom. The predicted octanol–water partition coefficient (Wildman–Crippen LogP) is 1.38. The molecule has 0 saturated heterocycles. The highest BCUT2D eigenvalue weighted by Crippen LogP contribution is 2.32. The van der Waals surface area contributed by atoms with Gasteiger partial charge in [-0.15, -0.1) is 0 Å². The molecule has 0 aliphatic carbocycles. The molecule has 0 bridgehead atoms. The van der Waals surface area contributed by atoms with Crippen LogP contribution in [0.25, 0.3) is 0 Å². The maximum absolute atomic E-state index is 11.7. The van der Waals surface area contributed by atoms with Crippen molar-refractivity contribution >= 4 is 11.9 Å². The first-order valence-electron chi connectivity index (χ1n) is 8.63. The van der Waals surface area contributed by atoms with Crippen LogP contribution < -0.4 is 20.1 Å². The summed E-state index contributed by atoms with van der Waals surface area (Å²) in [5.74, 6) is 2.21. The van der Waals surface area contributed by atoms with Crippen LogP contribution in [0.3, 0.4) is 0 Å². The second-order valence-corrected chi connectivity index (χ2v) is 6.27. The SMILES string of the molecule is CCC(C)NC(=NCC(=O)N(C)C)NCCc1ccc2c(c1)OCO2. The van der Waals surface area contributed by atoms with E-state index in [0.717, 1.165) is 29.9 Å². The van der Waals surface area contributed by atoms with Crippen LogP contribution in [0, 0.1) is 0 Å². The molecule has 1 atom stereocenters. The fourth-order valence-corrected chi connectivity index (χ4v) is 2.20. The molecule has 7 heteroatoms. The molecule has 1 heterocycles. The van der Waals surface area contributed by atoms with E-state index in [4.69, 9.17) is 9.47 Å². The summed E-state index contributed by atoms with van der Waals surface area (Å²) in [7, 11) is 3.46. The lowest BCUT2D eigenvalue weighted by molar-refractivity contribution is -0.127. The number of amides is 1. The Hall–Kier alpha value is -2.44. The molecule has 2 rings (SSSR count). The van der Waals surface area contributed by atoms with E-state index in [2.05, 4.69) is 29.5 Å². The maximum Gasteiger partial charge on any atom is 0.243 e. The minimum Gasteiger partial charge on any atom is -0.454 e. The predicted molar refractivity (Wildman–Crippen MR) is 98.2 cm³/mol. The van der Waals surface area contributed by atoms with Gasteiger partial charge in [0.25, 0.3) is 0 Å². The number of aliphatic imine (C=N–C) groups is 1. The lowest BCUT2D eigenvalue weighted by Crippen LogP contribution is -2.43. The standard InChI is InChI=1S/C18H28N4O3/c1-5-13(2)21-18(20-11-17(23)22(3)4)19-9-8-14-6-7-15-16(10-14)25-12-24-15/h6-7,10,13H,5,8-9,11-12H2,1-4H3,(H2,19,20,21). The van der Waals surface area contributed by atoms with E-state index in [-0.39, 0.29) is 25.3 Å². The Bertz CT molecular complexity index is 616. The van der Waals surface area contributed by atoms with Crippen LogP contribution in [0.5, 0.6) is 11.5 Å². The number of benzene rings is 1. The number of rotatable bonds is 7. The Balaban J connectivity index is 1.89. The van der Waals surface area contributed by atoms with Crippen LogP contribution in [-0.4, -0.2) is 56.8 Å². The van der Waals surface area contributed by atoms with E-state index < -0.39 is 0 Å². The first-order valence-corrected chi connectivity index (χ1v) is 8.63. The van der Waals surface area contributed by atoms with Gasteiger partial charge >= 0.3 is 0 Å². The zero-order valence-corrected chi connectivity index (χ0v) is 15.5. The normalized spacial score (nSPS) is 14.2. The number of guanidine groups is 1. The number of carbonyl (C=O) groups excluding carboxylic acids is 1. The van der Waals surface area contributed by atoms with Crippen LogP contribution in [0.2, 0.25) is 0 Å². The fraction of sp³-hybridized carbons (Fsp3) is 0.556. The Kier molecular flexibility index (Phi) is 6.91. The molecule has 0 radical (unpaired) electrons. The Morgan fingerprint density at radius 1 is 1.32 bits per heavy atom. The number of fused-ring (bicyclic) bond motifs is 1. The molecule has 0 fully saturated rings. The third kappa shape index (κ3) is 5.85. The van der Waals surface area contributed by atoms with Gasteiger partial charge in [-0.05, 0) is 37.5 Å². The molecule has 0 aromatic heterocycles. The molecule has 1 aromatic rings. The van der Waals surface area contributed by atoms with Gasteiger partial charge in [0.05, 0.1) is 0 Å². The summed E-state index contributed by atoms with van der Waals surface area (Å²) in [4.78, 5) is 17.7. The third-order valence-electron chi connectivity index (χ3n) is 4.01. The summed E-state index contributed by atoms with van der Waals surface area (Å²) in [6, 6.07) is 6.24. The second-order valence-electron chi connectivity index (χ2n) is 6.27. The number of hydrogen-bond acceptors (Lipinski definition) is 4. The van der Waals surface area contributed by atoms with Gasteiger partial charge in [0, 0.05) is 26.7 Å². The van der Waals surface area contributed by atoms with Gasteiger partial charge in [0.1, 0.15) is 6.54 Å². The van der Waals surface area contributed by atoms with Crippen LogP contribution in [-0.2, 0) is 11.2 Å². The summed E-state index contributed by atoms with van der Waals surface area (Å²) in [5.41, 5.74) is 1.16. The van der Waals surface area contributed by atoms with Crippen LogP contribution in [0.15, 0.2) is 23.2 Å². The van der Waals surface area contributed by atoms with Crippen molar-refractivity contribution in [3.63, 3.8) is 0 Å². The molecular weight excluding hydrogens is 320 g/mol. The molecule has 138 valence electrons. The third-order valence-corrected chi connectivity index (χ3v) is 4.01. The van der Waals surface area contributed by atoms with Gasteiger partial charge in [-0.2, -0.15) is 0 Å². The first kappa shape index (κ1) is 18.9. The molecule has 7 nitrogen and oxygen atoms in total. The molecule has 1 amide bonds. The van der Waals surface area contributed by atoms with Crippen molar-refractivity contribution in [3.8, 4) is 11.5 Å². The Morgan fingerprint density at radius 3 is 2.80 bits per heavy atom. The average molecular weight is 348 g/mol. The largest absolute Gasteiger partial charge is 0.454 e. The van der Waals surface area contributed by atoms with E-state index in [1.807, 2.05) is 18.2 Å². The van der Waals surface area contributed by atoms with E-state index >= 15 is 0 Å². The van der Waals surface area contributed by atoms with Crippen molar-refractivity contribution in [2.45, 2.75) is 32.7 Å².